The van der Waals surface area contributed by atoms with E-state index in [1.165, 1.54) is 6.33 Å². The first-order chi connectivity index (χ1) is 5.75. The highest BCUT2D eigenvalue weighted by Gasteiger charge is 2.13. The van der Waals surface area contributed by atoms with Gasteiger partial charge in [0.25, 0.3) is 0 Å². The first-order valence-electron chi connectivity index (χ1n) is 3.61. The van der Waals surface area contributed by atoms with Gasteiger partial charge in [-0.3, -0.25) is 0 Å². The molecule has 0 saturated carbocycles. The van der Waals surface area contributed by atoms with E-state index in [9.17, 15) is 4.79 Å². The van der Waals surface area contributed by atoms with Gasteiger partial charge in [0, 0.05) is 0 Å². The summed E-state index contributed by atoms with van der Waals surface area (Å²) in [7, 11) is 0. The fraction of sp³-hybridized carbons (Fsp3) is 0.429. The van der Waals surface area contributed by atoms with E-state index in [4.69, 9.17) is 4.74 Å². The Labute approximate surface area is 78.5 Å². The molecular formula is C7H9BrN2O2. The van der Waals surface area contributed by atoms with Crippen LogP contribution in [-0.2, 0) is 4.74 Å². The third-order valence-electron chi connectivity index (χ3n) is 1.22. The van der Waals surface area contributed by atoms with Crippen LogP contribution in [0.3, 0.4) is 0 Å². The predicted molar refractivity (Wildman–Crippen MR) is 46.9 cm³/mol. The zero-order valence-electron chi connectivity index (χ0n) is 6.63. The van der Waals surface area contributed by atoms with Gasteiger partial charge in [0.05, 0.1) is 12.9 Å². The van der Waals surface area contributed by atoms with Gasteiger partial charge in [-0.15, -0.1) is 0 Å². The Hall–Kier alpha value is -0.840. The van der Waals surface area contributed by atoms with Crippen molar-refractivity contribution in [3.8, 4) is 0 Å². The van der Waals surface area contributed by atoms with Gasteiger partial charge in [-0.1, -0.05) is 6.92 Å². The lowest BCUT2D eigenvalue weighted by molar-refractivity contribution is 0.0497. The van der Waals surface area contributed by atoms with Crippen molar-refractivity contribution in [2.75, 3.05) is 6.61 Å². The summed E-state index contributed by atoms with van der Waals surface area (Å²) in [6, 6.07) is 0. The van der Waals surface area contributed by atoms with Crippen LogP contribution in [0.1, 0.15) is 23.8 Å². The molecule has 5 heteroatoms. The number of aromatic nitrogens is 2. The van der Waals surface area contributed by atoms with E-state index in [0.29, 0.717) is 16.9 Å². The average Bonchev–Trinajstić information content (AvgIpc) is 2.47. The highest BCUT2D eigenvalue weighted by atomic mass is 79.9. The summed E-state index contributed by atoms with van der Waals surface area (Å²) in [5, 5.41) is 0. The summed E-state index contributed by atoms with van der Waals surface area (Å²) < 4.78 is 5.42. The van der Waals surface area contributed by atoms with Crippen LogP contribution < -0.4 is 0 Å². The largest absolute Gasteiger partial charge is 0.461 e. The molecule has 66 valence electrons. The van der Waals surface area contributed by atoms with Crippen molar-refractivity contribution in [3.63, 3.8) is 0 Å². The van der Waals surface area contributed by atoms with Crippen molar-refractivity contribution in [2.45, 2.75) is 13.3 Å². The van der Waals surface area contributed by atoms with Crippen LogP contribution in [0.4, 0.5) is 0 Å². The molecule has 0 spiro atoms. The van der Waals surface area contributed by atoms with Crippen molar-refractivity contribution in [2.24, 2.45) is 0 Å². The molecule has 0 amide bonds. The number of ether oxygens (including phenoxy) is 1. The minimum Gasteiger partial charge on any atom is -0.461 e. The second kappa shape index (κ2) is 4.25. The summed E-state index contributed by atoms with van der Waals surface area (Å²) in [4.78, 5) is 17.7. The molecule has 12 heavy (non-hydrogen) atoms. The van der Waals surface area contributed by atoms with Crippen molar-refractivity contribution in [3.05, 3.63) is 16.6 Å². The first-order valence-corrected chi connectivity index (χ1v) is 4.41. The van der Waals surface area contributed by atoms with E-state index in [0.717, 1.165) is 6.42 Å². The van der Waals surface area contributed by atoms with Crippen LogP contribution in [0.25, 0.3) is 0 Å². The normalized spacial score (nSPS) is 9.83. The molecule has 0 aliphatic carbocycles. The number of imidazole rings is 1. The maximum Gasteiger partial charge on any atom is 0.359 e. The highest BCUT2D eigenvalue weighted by Crippen LogP contribution is 2.11. The number of esters is 1. The summed E-state index contributed by atoms with van der Waals surface area (Å²) in [6.45, 7) is 2.37. The molecule has 0 bridgehead atoms. The minimum absolute atomic E-state index is 0.295. The Bertz CT molecular complexity index is 272. The maximum atomic E-state index is 11.2. The molecule has 0 unspecified atom stereocenters. The number of carbonyl (C=O) groups is 1. The van der Waals surface area contributed by atoms with E-state index in [1.54, 1.807) is 0 Å². The van der Waals surface area contributed by atoms with Crippen LogP contribution in [0, 0.1) is 0 Å². The van der Waals surface area contributed by atoms with Gasteiger partial charge in [0.15, 0.2) is 5.69 Å². The third-order valence-corrected chi connectivity index (χ3v) is 1.83. The van der Waals surface area contributed by atoms with Crippen LogP contribution in [0.15, 0.2) is 10.9 Å². The SMILES string of the molecule is CCCOC(=O)c1nc[nH]c1Br. The molecule has 0 atom stereocenters. The molecular weight excluding hydrogens is 224 g/mol. The number of rotatable bonds is 3. The van der Waals surface area contributed by atoms with Crippen LogP contribution in [0.5, 0.6) is 0 Å². The summed E-state index contributed by atoms with van der Waals surface area (Å²) in [5.41, 5.74) is 0.295. The van der Waals surface area contributed by atoms with Crippen LogP contribution >= 0.6 is 15.9 Å². The average molecular weight is 233 g/mol. The van der Waals surface area contributed by atoms with Crippen LogP contribution in [0.2, 0.25) is 0 Å². The lowest BCUT2D eigenvalue weighted by Gasteiger charge is -1.99. The number of H-pyrrole nitrogens is 1. The molecule has 1 aromatic heterocycles. The summed E-state index contributed by atoms with van der Waals surface area (Å²) in [5.74, 6) is -0.398. The molecule has 0 saturated heterocycles. The van der Waals surface area contributed by atoms with Gasteiger partial charge in [-0.2, -0.15) is 0 Å². The lowest BCUT2D eigenvalue weighted by Crippen LogP contribution is -2.06. The number of aromatic amines is 1. The molecule has 1 N–H and O–H groups in total. The fourth-order valence-electron chi connectivity index (χ4n) is 0.684. The van der Waals surface area contributed by atoms with Crippen molar-refractivity contribution < 1.29 is 9.53 Å². The quantitative estimate of drug-likeness (QED) is 0.809. The molecule has 0 fully saturated rings. The van der Waals surface area contributed by atoms with Gasteiger partial charge in [-0.05, 0) is 22.4 Å². The Morgan fingerprint density at radius 3 is 3.08 bits per heavy atom. The number of nitrogens with one attached hydrogen (secondary N) is 1. The third kappa shape index (κ3) is 2.07. The topological polar surface area (TPSA) is 55.0 Å². The van der Waals surface area contributed by atoms with Gasteiger partial charge in [0.1, 0.15) is 4.60 Å². The van der Waals surface area contributed by atoms with Crippen molar-refractivity contribution in [1.29, 1.82) is 0 Å². The van der Waals surface area contributed by atoms with Crippen LogP contribution in [-0.4, -0.2) is 22.5 Å². The van der Waals surface area contributed by atoms with E-state index < -0.39 is 5.97 Å². The molecule has 0 aliphatic heterocycles. The van der Waals surface area contributed by atoms with Gasteiger partial charge < -0.3 is 9.72 Å². The van der Waals surface area contributed by atoms with Gasteiger partial charge in [0.2, 0.25) is 0 Å². The Morgan fingerprint density at radius 1 is 1.83 bits per heavy atom. The molecule has 0 aromatic carbocycles. The Morgan fingerprint density at radius 2 is 2.58 bits per heavy atom. The standard InChI is InChI=1S/C7H9BrN2O2/c1-2-3-12-7(11)5-6(8)10-4-9-5/h4H,2-3H2,1H3,(H,9,10). The minimum atomic E-state index is -0.398. The Kier molecular flexibility index (Phi) is 3.28. The highest BCUT2D eigenvalue weighted by molar-refractivity contribution is 9.10. The second-order valence-electron chi connectivity index (χ2n) is 2.20. The Balaban J connectivity index is 2.59. The van der Waals surface area contributed by atoms with Gasteiger partial charge >= 0.3 is 5.97 Å². The zero-order chi connectivity index (χ0) is 8.97. The van der Waals surface area contributed by atoms with E-state index in [-0.39, 0.29) is 0 Å². The predicted octanol–water partition coefficient (Wildman–Crippen LogP) is 1.74. The number of hydrogen-bond donors (Lipinski definition) is 1. The number of halogens is 1. The number of carbonyl (C=O) groups excluding carboxylic acids is 1. The fourth-order valence-corrected chi connectivity index (χ4v) is 1.05. The van der Waals surface area contributed by atoms with Crippen molar-refractivity contribution in [1.82, 2.24) is 9.97 Å². The molecule has 4 nitrogen and oxygen atoms in total. The monoisotopic (exact) mass is 232 g/mol. The van der Waals surface area contributed by atoms with E-state index in [1.807, 2.05) is 6.92 Å². The molecule has 1 heterocycles. The first kappa shape index (κ1) is 9.25. The summed E-state index contributed by atoms with van der Waals surface area (Å²) in [6.07, 6.45) is 2.25. The van der Waals surface area contributed by atoms with Gasteiger partial charge in [-0.25, -0.2) is 9.78 Å². The van der Waals surface area contributed by atoms with E-state index in [2.05, 4.69) is 25.9 Å². The van der Waals surface area contributed by atoms with E-state index >= 15 is 0 Å². The summed E-state index contributed by atoms with van der Waals surface area (Å²) >= 11 is 3.14. The molecule has 1 aromatic rings. The number of nitrogens with zero attached hydrogens (tertiary/aromatic N) is 1. The second-order valence-corrected chi connectivity index (χ2v) is 2.99. The maximum absolute atomic E-state index is 11.2. The molecule has 0 radical (unpaired) electrons. The number of hydrogen-bond acceptors (Lipinski definition) is 3. The van der Waals surface area contributed by atoms with Crippen molar-refractivity contribution >= 4 is 21.9 Å². The molecule has 1 rings (SSSR count). The zero-order valence-corrected chi connectivity index (χ0v) is 8.22. The lowest BCUT2D eigenvalue weighted by atomic mass is 10.5. The molecule has 0 aliphatic rings. The smallest absolute Gasteiger partial charge is 0.359 e.